The number of nitrogens with zero attached hydrogens (tertiary/aromatic N) is 4. The molecule has 7 heteroatoms. The molecular weight excluding hydrogens is 440 g/mol. The molecule has 2 atom stereocenters. The molecule has 1 aliphatic heterocycles. The molecule has 4 aromatic rings. The quantitative estimate of drug-likeness (QED) is 0.386. The predicted octanol–water partition coefficient (Wildman–Crippen LogP) is 6.02. The Bertz CT molecular complexity index is 1330. The summed E-state index contributed by atoms with van der Waals surface area (Å²) in [6.45, 7) is 7.28. The van der Waals surface area contributed by atoms with Crippen LogP contribution in [0.15, 0.2) is 73.1 Å². The van der Waals surface area contributed by atoms with Gasteiger partial charge in [0.2, 0.25) is 0 Å². The lowest BCUT2D eigenvalue weighted by molar-refractivity contribution is 0.0914. The molecule has 1 amide bonds. The van der Waals surface area contributed by atoms with E-state index in [1.165, 1.54) is 0 Å². The number of pyridine rings is 1. The first-order valence-electron chi connectivity index (χ1n) is 11.9. The van der Waals surface area contributed by atoms with Crippen LogP contribution in [0.2, 0.25) is 0 Å². The highest BCUT2D eigenvalue weighted by molar-refractivity contribution is 5.92. The first-order chi connectivity index (χ1) is 16.8. The summed E-state index contributed by atoms with van der Waals surface area (Å²) in [5.41, 5.74) is 3.65. The van der Waals surface area contributed by atoms with Crippen molar-refractivity contribution in [3.8, 4) is 17.0 Å². The molecule has 1 fully saturated rings. The van der Waals surface area contributed by atoms with Gasteiger partial charge in [-0.05, 0) is 47.7 Å². The van der Waals surface area contributed by atoms with Crippen molar-refractivity contribution in [2.75, 3.05) is 6.54 Å². The topological polar surface area (TPSA) is 80.5 Å². The summed E-state index contributed by atoms with van der Waals surface area (Å²) in [6, 6.07) is 19.7. The Hall–Kier alpha value is -3.87. The number of amides is 1. The number of aromatic nitrogens is 3. The molecule has 0 bridgehead atoms. The third-order valence-electron chi connectivity index (χ3n) is 6.70. The molecule has 3 heterocycles. The van der Waals surface area contributed by atoms with Crippen molar-refractivity contribution in [3.63, 3.8) is 0 Å². The van der Waals surface area contributed by atoms with Crippen LogP contribution in [0, 0.1) is 5.41 Å². The first kappa shape index (κ1) is 22.9. The van der Waals surface area contributed by atoms with E-state index in [4.69, 9.17) is 9.84 Å². The molecule has 2 unspecified atom stereocenters. The lowest BCUT2D eigenvalue weighted by Gasteiger charge is -2.37. The number of rotatable bonds is 5. The second-order valence-electron chi connectivity index (χ2n) is 10.1. The van der Waals surface area contributed by atoms with Gasteiger partial charge in [0, 0.05) is 29.9 Å². The molecule has 2 aromatic heterocycles. The summed E-state index contributed by atoms with van der Waals surface area (Å²) < 4.78 is 7.96. The summed E-state index contributed by atoms with van der Waals surface area (Å²) in [5.74, 6) is 0.792. The Balaban J connectivity index is 1.47. The largest absolute Gasteiger partial charge is 0.489 e. The minimum absolute atomic E-state index is 0.0572. The van der Waals surface area contributed by atoms with Crippen LogP contribution in [0.4, 0.5) is 4.79 Å². The van der Waals surface area contributed by atoms with E-state index < -0.39 is 6.09 Å². The molecule has 35 heavy (non-hydrogen) atoms. The van der Waals surface area contributed by atoms with Gasteiger partial charge in [-0.3, -0.25) is 9.67 Å². The number of benzene rings is 2. The van der Waals surface area contributed by atoms with E-state index in [1.807, 2.05) is 71.5 Å². The van der Waals surface area contributed by atoms with Crippen LogP contribution < -0.4 is 4.74 Å². The zero-order valence-electron chi connectivity index (χ0n) is 20.3. The number of hydrogen-bond acceptors (Lipinski definition) is 4. The minimum Gasteiger partial charge on any atom is -0.489 e. The van der Waals surface area contributed by atoms with E-state index >= 15 is 0 Å². The molecule has 180 valence electrons. The van der Waals surface area contributed by atoms with Crippen LogP contribution in [-0.2, 0) is 6.61 Å². The number of likely N-dealkylation sites (tertiary alicyclic amines) is 1. The average Bonchev–Trinajstić information content (AvgIpc) is 3.46. The smallest absolute Gasteiger partial charge is 0.407 e. The summed E-state index contributed by atoms with van der Waals surface area (Å²) >= 11 is 0. The number of hydrogen-bond donors (Lipinski definition) is 1. The molecule has 0 saturated carbocycles. The van der Waals surface area contributed by atoms with Crippen molar-refractivity contribution in [3.05, 3.63) is 78.6 Å². The fourth-order valence-corrected chi connectivity index (χ4v) is 5.19. The van der Waals surface area contributed by atoms with E-state index in [2.05, 4.69) is 25.8 Å². The van der Waals surface area contributed by atoms with Crippen molar-refractivity contribution in [1.82, 2.24) is 19.7 Å². The third-order valence-corrected chi connectivity index (χ3v) is 6.70. The highest BCUT2D eigenvalue weighted by Gasteiger charge is 2.45. The normalized spacial score (nSPS) is 18.2. The Kier molecular flexibility index (Phi) is 5.93. The van der Waals surface area contributed by atoms with E-state index in [0.717, 1.165) is 39.9 Å². The van der Waals surface area contributed by atoms with Gasteiger partial charge < -0.3 is 14.7 Å². The van der Waals surface area contributed by atoms with E-state index in [-0.39, 0.29) is 17.5 Å². The third kappa shape index (κ3) is 4.46. The zero-order chi connectivity index (χ0) is 24.6. The number of fused-ring (bicyclic) bond motifs is 1. The lowest BCUT2D eigenvalue weighted by Crippen LogP contribution is -2.46. The van der Waals surface area contributed by atoms with Crippen molar-refractivity contribution in [2.24, 2.45) is 5.41 Å². The zero-order valence-corrected chi connectivity index (χ0v) is 20.3. The Morgan fingerprint density at radius 3 is 2.51 bits per heavy atom. The fourth-order valence-electron chi connectivity index (χ4n) is 5.19. The molecule has 1 N–H and O–H groups in total. The minimum atomic E-state index is -0.878. The summed E-state index contributed by atoms with van der Waals surface area (Å²) in [4.78, 5) is 17.9. The lowest BCUT2D eigenvalue weighted by atomic mass is 9.82. The average molecular weight is 471 g/mol. The molecule has 0 aliphatic carbocycles. The second-order valence-corrected chi connectivity index (χ2v) is 10.1. The molecular formula is C28H30N4O3. The maximum atomic E-state index is 12.0. The van der Waals surface area contributed by atoms with Crippen LogP contribution >= 0.6 is 0 Å². The molecule has 0 radical (unpaired) electrons. The first-order valence-corrected chi connectivity index (χ1v) is 11.9. The summed E-state index contributed by atoms with van der Waals surface area (Å²) in [5, 5.41) is 15.8. The van der Waals surface area contributed by atoms with E-state index in [0.29, 0.717) is 13.2 Å². The number of ether oxygens (including phenoxy) is 1. The molecule has 7 nitrogen and oxygen atoms in total. The highest BCUT2D eigenvalue weighted by atomic mass is 16.5. The monoisotopic (exact) mass is 470 g/mol. The van der Waals surface area contributed by atoms with Crippen molar-refractivity contribution in [1.29, 1.82) is 0 Å². The van der Waals surface area contributed by atoms with Crippen LogP contribution in [0.25, 0.3) is 22.2 Å². The molecule has 5 rings (SSSR count). The highest BCUT2D eigenvalue weighted by Crippen LogP contribution is 2.42. The van der Waals surface area contributed by atoms with Gasteiger partial charge in [0.15, 0.2) is 0 Å². The van der Waals surface area contributed by atoms with Crippen LogP contribution in [0.5, 0.6) is 5.75 Å². The second kappa shape index (κ2) is 9.06. The van der Waals surface area contributed by atoms with Gasteiger partial charge in [0.05, 0.1) is 17.6 Å². The standard InChI is InChI=1S/C28H30N4O3/c1-28(2,3)26-24(14-16-31(26)27(33)34)32-23-13-15-29-17-22(23)25(30-32)20-9-11-21(12-10-20)35-18-19-7-5-4-6-8-19/h4-13,15,17,24,26H,14,16,18H2,1-3H3,(H,33,34). The maximum absolute atomic E-state index is 12.0. The Morgan fingerprint density at radius 1 is 1.09 bits per heavy atom. The maximum Gasteiger partial charge on any atom is 0.407 e. The van der Waals surface area contributed by atoms with Gasteiger partial charge in [0.1, 0.15) is 18.1 Å². The van der Waals surface area contributed by atoms with E-state index in [1.54, 1.807) is 11.1 Å². The summed E-state index contributed by atoms with van der Waals surface area (Å²) in [6.07, 6.45) is 3.45. The molecule has 1 saturated heterocycles. The summed E-state index contributed by atoms with van der Waals surface area (Å²) in [7, 11) is 0. The van der Waals surface area contributed by atoms with Crippen LogP contribution in [-0.4, -0.2) is 43.5 Å². The van der Waals surface area contributed by atoms with Gasteiger partial charge >= 0.3 is 6.09 Å². The molecule has 0 spiro atoms. The van der Waals surface area contributed by atoms with Crippen molar-refractivity contribution in [2.45, 2.75) is 45.9 Å². The predicted molar refractivity (Wildman–Crippen MR) is 135 cm³/mol. The van der Waals surface area contributed by atoms with Crippen LogP contribution in [0.3, 0.4) is 0 Å². The van der Waals surface area contributed by atoms with Gasteiger partial charge in [-0.2, -0.15) is 5.10 Å². The number of carbonyl (C=O) groups is 1. The molecule has 1 aliphatic rings. The SMILES string of the molecule is CC(C)(C)C1C(n2nc(-c3ccc(OCc4ccccc4)cc3)c3cnccc32)CCN1C(=O)O. The Morgan fingerprint density at radius 2 is 1.83 bits per heavy atom. The van der Waals surface area contributed by atoms with E-state index in [9.17, 15) is 9.90 Å². The van der Waals surface area contributed by atoms with Gasteiger partial charge in [0.25, 0.3) is 0 Å². The number of carboxylic acid groups (broad SMARTS) is 1. The fraction of sp³-hybridized carbons (Fsp3) is 0.321. The Labute approximate surface area is 205 Å². The molecule has 2 aromatic carbocycles. The van der Waals surface area contributed by atoms with Crippen LogP contribution in [0.1, 0.15) is 38.8 Å². The van der Waals surface area contributed by atoms with Gasteiger partial charge in [-0.15, -0.1) is 0 Å². The van der Waals surface area contributed by atoms with Crippen molar-refractivity contribution < 1.29 is 14.6 Å². The van der Waals surface area contributed by atoms with Crippen molar-refractivity contribution >= 4 is 17.0 Å². The van der Waals surface area contributed by atoms with Gasteiger partial charge in [-0.1, -0.05) is 51.1 Å². The van der Waals surface area contributed by atoms with Gasteiger partial charge in [-0.25, -0.2) is 4.79 Å².